The molecule has 0 amide bonds. The molecule has 0 N–H and O–H groups in total. The molecule has 1 aliphatic carbocycles. The van der Waals surface area contributed by atoms with E-state index in [-0.39, 0.29) is 0 Å². The van der Waals surface area contributed by atoms with Crippen LogP contribution in [-0.4, -0.2) is 0 Å². The van der Waals surface area contributed by atoms with Gasteiger partial charge in [0.1, 0.15) is 0 Å². The Morgan fingerprint density at radius 2 is 0.899 bits per heavy atom. The Morgan fingerprint density at radius 1 is 0.333 bits per heavy atom. The van der Waals surface area contributed by atoms with Gasteiger partial charge in [-0.2, -0.15) is 0 Å². The van der Waals surface area contributed by atoms with Gasteiger partial charge in [0.2, 0.25) is 0 Å². The Balaban J connectivity index is 1.18. The fraction of sp³-hybridized carbons (Fsp3) is 0.0448. The maximum absolute atomic E-state index is 2.57. The quantitative estimate of drug-likeness (QED) is 0.157. The summed E-state index contributed by atoms with van der Waals surface area (Å²) in [6.07, 6.45) is 0. The van der Waals surface area contributed by atoms with Crippen LogP contribution >= 0.6 is 11.8 Å². The van der Waals surface area contributed by atoms with Crippen molar-refractivity contribution in [1.29, 1.82) is 0 Å². The molecule has 1 heterocycles. The number of nitrogens with zero attached hydrogens (tertiary/aromatic N) is 1. The van der Waals surface area contributed by atoms with Gasteiger partial charge in [-0.15, -0.1) is 0 Å². The summed E-state index contributed by atoms with van der Waals surface area (Å²) in [5.74, 6) is 0. The van der Waals surface area contributed by atoms with Gasteiger partial charge < -0.3 is 4.90 Å². The van der Waals surface area contributed by atoms with E-state index in [2.05, 4.69) is 267 Å². The molecule has 0 bridgehead atoms. The van der Waals surface area contributed by atoms with Crippen LogP contribution in [0.1, 0.15) is 33.4 Å². The largest absolute Gasteiger partial charge is 0.309 e. The van der Waals surface area contributed by atoms with Crippen LogP contribution in [0.2, 0.25) is 0 Å². The lowest BCUT2D eigenvalue weighted by Crippen LogP contribution is -2.32. The lowest BCUT2D eigenvalue weighted by atomic mass is 9.66. The average molecular weight is 898 g/mol. The van der Waals surface area contributed by atoms with Crippen LogP contribution in [0.5, 0.6) is 0 Å². The molecule has 2 heteroatoms. The molecule has 0 atom stereocenters. The van der Waals surface area contributed by atoms with Crippen LogP contribution in [0.4, 0.5) is 17.1 Å². The van der Waals surface area contributed by atoms with Gasteiger partial charge >= 0.3 is 0 Å². The van der Waals surface area contributed by atoms with Crippen molar-refractivity contribution >= 4 is 39.6 Å². The van der Waals surface area contributed by atoms with E-state index in [1.807, 2.05) is 11.8 Å². The molecule has 69 heavy (non-hydrogen) atoms. The van der Waals surface area contributed by atoms with Gasteiger partial charge in [0.15, 0.2) is 0 Å². The molecule has 1 aliphatic heterocycles. The zero-order chi connectivity index (χ0) is 46.1. The van der Waals surface area contributed by atoms with Gasteiger partial charge in [0.25, 0.3) is 0 Å². The summed E-state index contributed by atoms with van der Waals surface area (Å²) in [5, 5.41) is 2.39. The molecule has 0 fully saturated rings. The van der Waals surface area contributed by atoms with Crippen molar-refractivity contribution in [3.8, 4) is 55.6 Å². The van der Waals surface area contributed by atoms with Gasteiger partial charge in [-0.05, 0) is 139 Å². The Morgan fingerprint density at radius 3 is 1.62 bits per heavy atom. The molecule has 0 radical (unpaired) electrons. The Bertz CT molecular complexity index is 3750. The van der Waals surface area contributed by atoms with E-state index in [9.17, 15) is 0 Å². The van der Waals surface area contributed by atoms with Crippen LogP contribution in [0.25, 0.3) is 66.4 Å². The number of fused-ring (bicyclic) bond motifs is 10. The lowest BCUT2D eigenvalue weighted by molar-refractivity contribution is 0.723. The first-order chi connectivity index (χ1) is 34.1. The number of rotatable bonds is 7. The van der Waals surface area contributed by atoms with Crippen molar-refractivity contribution < 1.29 is 0 Å². The molecule has 0 unspecified atom stereocenters. The molecule has 0 saturated carbocycles. The second-order valence-corrected chi connectivity index (χ2v) is 19.5. The number of aryl methyl sites for hydroxylation is 2. The van der Waals surface area contributed by atoms with Crippen LogP contribution in [-0.2, 0) is 5.41 Å². The third kappa shape index (κ3) is 6.47. The van der Waals surface area contributed by atoms with Crippen LogP contribution in [0.3, 0.4) is 0 Å². The standard InChI is InChI=1S/C67H47NS/c1-44-20-9-10-26-52(44)64-45(2)21-19-34-61(64)68(51-39-38-47-36-37-49(42-50(47)43-51)46-22-5-3-6-23-46)62-41-40-60-66(65(62)56-30-12-11-27-53(56)48-24-7-4-8-25-48)69-63-35-18-17-33-59(63)67(60)57-31-15-13-28-54(57)55-29-14-16-32-58(55)67/h3-43H,1-2H3. The number of hydrogen-bond donors (Lipinski definition) is 0. The van der Waals surface area contributed by atoms with Gasteiger partial charge in [-0.3, -0.25) is 0 Å². The molecule has 1 nitrogen and oxygen atoms in total. The SMILES string of the molecule is Cc1ccccc1-c1c(C)cccc1N(c1ccc2ccc(-c3ccccc3)cc2c1)c1ccc2c(c1-c1ccccc1-c1ccccc1)Sc1ccccc1C21c2ccccc2-c2ccccc21. The van der Waals surface area contributed by atoms with E-state index in [1.165, 1.54) is 110 Å². The maximum atomic E-state index is 2.57. The molecule has 11 aromatic rings. The predicted octanol–water partition coefficient (Wildman–Crippen LogP) is 18.4. The van der Waals surface area contributed by atoms with E-state index < -0.39 is 5.41 Å². The van der Waals surface area contributed by atoms with Crippen molar-refractivity contribution in [2.75, 3.05) is 4.90 Å². The minimum Gasteiger partial charge on any atom is -0.309 e. The van der Waals surface area contributed by atoms with Crippen molar-refractivity contribution in [2.45, 2.75) is 29.1 Å². The second-order valence-electron chi connectivity index (χ2n) is 18.4. The highest BCUT2D eigenvalue weighted by Crippen LogP contribution is 2.65. The Hall–Kier alpha value is -8.17. The van der Waals surface area contributed by atoms with E-state index in [0.29, 0.717) is 0 Å². The van der Waals surface area contributed by atoms with E-state index in [0.717, 1.165) is 17.1 Å². The highest BCUT2D eigenvalue weighted by Gasteiger charge is 2.51. The summed E-state index contributed by atoms with van der Waals surface area (Å²) >= 11 is 1.92. The molecular weight excluding hydrogens is 851 g/mol. The van der Waals surface area contributed by atoms with Gasteiger partial charge in [0, 0.05) is 26.6 Å². The summed E-state index contributed by atoms with van der Waals surface area (Å²) in [6, 6.07) is 92.7. The van der Waals surface area contributed by atoms with Crippen molar-refractivity contribution in [3.05, 3.63) is 282 Å². The molecule has 0 aromatic heterocycles. The van der Waals surface area contributed by atoms with Gasteiger partial charge in [0.05, 0.1) is 16.8 Å². The molecule has 1 spiro atoms. The zero-order valence-corrected chi connectivity index (χ0v) is 39.3. The fourth-order valence-corrected chi connectivity index (χ4v) is 12.9. The van der Waals surface area contributed by atoms with Gasteiger partial charge in [-0.25, -0.2) is 0 Å². The summed E-state index contributed by atoms with van der Waals surface area (Å²) in [5.41, 5.74) is 22.8. The minimum atomic E-state index is -0.545. The molecule has 326 valence electrons. The summed E-state index contributed by atoms with van der Waals surface area (Å²) in [6.45, 7) is 4.50. The lowest BCUT2D eigenvalue weighted by Gasteiger charge is -2.42. The zero-order valence-electron chi connectivity index (χ0n) is 38.5. The smallest absolute Gasteiger partial charge is 0.0735 e. The third-order valence-electron chi connectivity index (χ3n) is 14.6. The Kier molecular flexibility index (Phi) is 9.85. The van der Waals surface area contributed by atoms with E-state index in [4.69, 9.17) is 0 Å². The maximum Gasteiger partial charge on any atom is 0.0735 e. The van der Waals surface area contributed by atoms with Gasteiger partial charge in [-0.1, -0.05) is 224 Å². The van der Waals surface area contributed by atoms with Crippen LogP contribution < -0.4 is 4.90 Å². The third-order valence-corrected chi connectivity index (χ3v) is 15.8. The van der Waals surface area contributed by atoms with Crippen LogP contribution in [0.15, 0.2) is 259 Å². The van der Waals surface area contributed by atoms with Crippen molar-refractivity contribution in [1.82, 2.24) is 0 Å². The normalized spacial score (nSPS) is 12.8. The van der Waals surface area contributed by atoms with Crippen molar-refractivity contribution in [3.63, 3.8) is 0 Å². The fourth-order valence-electron chi connectivity index (χ4n) is 11.6. The molecule has 0 saturated heterocycles. The number of benzene rings is 11. The van der Waals surface area contributed by atoms with Crippen LogP contribution in [0, 0.1) is 13.8 Å². The second kappa shape index (κ2) is 16.6. The first kappa shape index (κ1) is 41.1. The summed E-state index contributed by atoms with van der Waals surface area (Å²) in [7, 11) is 0. The van der Waals surface area contributed by atoms with Crippen molar-refractivity contribution in [2.24, 2.45) is 0 Å². The highest BCUT2D eigenvalue weighted by molar-refractivity contribution is 7.99. The first-order valence-corrected chi connectivity index (χ1v) is 24.7. The molecular formula is C67H47NS. The van der Waals surface area contributed by atoms with E-state index >= 15 is 0 Å². The summed E-state index contributed by atoms with van der Waals surface area (Å²) < 4.78 is 0. The average Bonchev–Trinajstić information content (AvgIpc) is 3.70. The summed E-state index contributed by atoms with van der Waals surface area (Å²) in [4.78, 5) is 5.11. The molecule has 11 aromatic carbocycles. The molecule has 13 rings (SSSR count). The number of hydrogen-bond acceptors (Lipinski definition) is 2. The monoisotopic (exact) mass is 897 g/mol. The first-order valence-electron chi connectivity index (χ1n) is 23.9. The predicted molar refractivity (Wildman–Crippen MR) is 291 cm³/mol. The molecule has 2 aliphatic rings. The highest BCUT2D eigenvalue weighted by atomic mass is 32.2. The minimum absolute atomic E-state index is 0.545. The topological polar surface area (TPSA) is 3.24 Å². The Labute approximate surface area is 409 Å². The van der Waals surface area contributed by atoms with E-state index in [1.54, 1.807) is 0 Å². The number of anilines is 3.